The molecule has 0 aliphatic carbocycles. The Hall–Kier alpha value is -3.16. The lowest BCUT2D eigenvalue weighted by Gasteiger charge is -2.30. The van der Waals surface area contributed by atoms with Gasteiger partial charge in [-0.1, -0.05) is 12.1 Å². The molecule has 0 spiro atoms. The van der Waals surface area contributed by atoms with Crippen LogP contribution in [0.15, 0.2) is 29.1 Å². The van der Waals surface area contributed by atoms with Gasteiger partial charge in [-0.05, 0) is 43.5 Å². The van der Waals surface area contributed by atoms with Gasteiger partial charge in [0.05, 0.1) is 5.56 Å². The third-order valence-electron chi connectivity index (χ3n) is 4.36. The number of aromatic hydroxyl groups is 1. The van der Waals surface area contributed by atoms with Gasteiger partial charge in [-0.25, -0.2) is 4.39 Å². The number of rotatable bonds is 4. The van der Waals surface area contributed by atoms with E-state index in [1.165, 1.54) is 17.0 Å². The molecule has 3 N–H and O–H groups in total. The highest BCUT2D eigenvalue weighted by atomic mass is 19.1. The van der Waals surface area contributed by atoms with Crippen molar-refractivity contribution >= 4 is 11.8 Å². The summed E-state index contributed by atoms with van der Waals surface area (Å²) in [5.74, 6) is -2.11. The van der Waals surface area contributed by atoms with Crippen LogP contribution in [0.5, 0.6) is 5.75 Å². The van der Waals surface area contributed by atoms with Crippen molar-refractivity contribution in [3.05, 3.63) is 62.8 Å². The van der Waals surface area contributed by atoms with Crippen molar-refractivity contribution in [1.29, 1.82) is 0 Å². The first kappa shape index (κ1) is 18.6. The Kier molecular flexibility index (Phi) is 4.98. The number of fused-ring (bicyclic) bond motifs is 1. The molecule has 0 radical (unpaired) electrons. The molecule has 1 aliphatic rings. The number of nitrogens with one attached hydrogen (secondary N) is 2. The van der Waals surface area contributed by atoms with Crippen LogP contribution in [0.1, 0.15) is 45.8 Å². The number of aromatic amines is 1. The molecule has 0 atom stereocenters. The Balaban J connectivity index is 1.97. The third-order valence-corrected chi connectivity index (χ3v) is 4.36. The van der Waals surface area contributed by atoms with Gasteiger partial charge in [0.25, 0.3) is 17.4 Å². The summed E-state index contributed by atoms with van der Waals surface area (Å²) in [7, 11) is 0. The number of benzene rings is 1. The molecule has 0 fully saturated rings. The number of aromatic nitrogens is 1. The Labute approximate surface area is 154 Å². The largest absolute Gasteiger partial charge is 0.502 e. The van der Waals surface area contributed by atoms with Gasteiger partial charge in [0.1, 0.15) is 11.5 Å². The van der Waals surface area contributed by atoms with Crippen LogP contribution in [0.3, 0.4) is 0 Å². The number of pyridine rings is 1. The molecule has 2 heterocycles. The van der Waals surface area contributed by atoms with Crippen LogP contribution in [0.4, 0.5) is 4.39 Å². The van der Waals surface area contributed by atoms with E-state index in [0.717, 1.165) is 5.56 Å². The lowest BCUT2D eigenvalue weighted by molar-refractivity contribution is 0.0722. The lowest BCUT2D eigenvalue weighted by Crippen LogP contribution is -2.41. The van der Waals surface area contributed by atoms with Crippen LogP contribution >= 0.6 is 0 Å². The van der Waals surface area contributed by atoms with Crippen LogP contribution in [0.25, 0.3) is 0 Å². The molecular formula is C19H20FN3O4. The smallest absolute Gasteiger partial charge is 0.291 e. The molecule has 1 aromatic heterocycles. The first-order valence-corrected chi connectivity index (χ1v) is 8.60. The van der Waals surface area contributed by atoms with Crippen LogP contribution in [0, 0.1) is 5.82 Å². The van der Waals surface area contributed by atoms with E-state index in [9.17, 15) is 23.9 Å². The molecular weight excluding hydrogens is 353 g/mol. The topological polar surface area (TPSA) is 102 Å². The fraction of sp³-hybridized carbons (Fsp3) is 0.316. The maximum absolute atomic E-state index is 13.1. The van der Waals surface area contributed by atoms with Crippen molar-refractivity contribution in [2.24, 2.45) is 0 Å². The SMILES string of the molecule is CC(C)NC(=O)c1[nH]c(=O)c(O)c2c1CCN(Cc1ccc(F)cc1)C2=O. The van der Waals surface area contributed by atoms with Crippen LogP contribution in [-0.4, -0.2) is 39.4 Å². The summed E-state index contributed by atoms with van der Waals surface area (Å²) in [6.45, 7) is 4.06. The van der Waals surface area contributed by atoms with Crippen molar-refractivity contribution in [1.82, 2.24) is 15.2 Å². The van der Waals surface area contributed by atoms with Gasteiger partial charge in [0.15, 0.2) is 5.75 Å². The van der Waals surface area contributed by atoms with E-state index in [1.54, 1.807) is 26.0 Å². The molecule has 27 heavy (non-hydrogen) atoms. The quantitative estimate of drug-likeness (QED) is 0.757. The Bertz CT molecular complexity index is 951. The highest BCUT2D eigenvalue weighted by Gasteiger charge is 2.33. The van der Waals surface area contributed by atoms with E-state index in [4.69, 9.17) is 0 Å². The van der Waals surface area contributed by atoms with Crippen LogP contribution in [0.2, 0.25) is 0 Å². The van der Waals surface area contributed by atoms with Gasteiger partial charge < -0.3 is 20.3 Å². The number of H-pyrrole nitrogens is 1. The van der Waals surface area contributed by atoms with Crippen molar-refractivity contribution in [2.45, 2.75) is 32.9 Å². The number of hydrogen-bond acceptors (Lipinski definition) is 4. The Morgan fingerprint density at radius 1 is 1.30 bits per heavy atom. The van der Waals surface area contributed by atoms with Crippen molar-refractivity contribution in [3.8, 4) is 5.75 Å². The van der Waals surface area contributed by atoms with Gasteiger partial charge in [-0.15, -0.1) is 0 Å². The maximum atomic E-state index is 13.1. The summed E-state index contributed by atoms with van der Waals surface area (Å²) < 4.78 is 13.1. The molecule has 2 amide bonds. The van der Waals surface area contributed by atoms with E-state index in [1.807, 2.05) is 0 Å². The zero-order valence-electron chi connectivity index (χ0n) is 15.0. The average molecular weight is 373 g/mol. The summed E-state index contributed by atoms with van der Waals surface area (Å²) in [6, 6.07) is 5.58. The molecule has 3 rings (SSSR count). The molecule has 2 aromatic rings. The second kappa shape index (κ2) is 7.22. The second-order valence-electron chi connectivity index (χ2n) is 6.76. The predicted octanol–water partition coefficient (Wildman–Crippen LogP) is 1.56. The predicted molar refractivity (Wildman–Crippen MR) is 96.2 cm³/mol. The molecule has 0 saturated carbocycles. The maximum Gasteiger partial charge on any atom is 0.291 e. The number of amides is 2. The van der Waals surface area contributed by atoms with Gasteiger partial charge in [-0.3, -0.25) is 14.4 Å². The number of carbonyl (C=O) groups is 2. The summed E-state index contributed by atoms with van der Waals surface area (Å²) in [4.78, 5) is 41.1. The number of carbonyl (C=O) groups excluding carboxylic acids is 2. The number of halogens is 1. The normalized spacial score (nSPS) is 13.6. The van der Waals surface area contributed by atoms with Gasteiger partial charge in [0.2, 0.25) is 0 Å². The van der Waals surface area contributed by atoms with Crippen molar-refractivity contribution in [3.63, 3.8) is 0 Å². The summed E-state index contributed by atoms with van der Waals surface area (Å²) in [5, 5.41) is 12.8. The van der Waals surface area contributed by atoms with Crippen LogP contribution in [-0.2, 0) is 13.0 Å². The average Bonchev–Trinajstić information content (AvgIpc) is 2.61. The zero-order chi connectivity index (χ0) is 19.7. The standard InChI is InChI=1S/C19H20FN3O4/c1-10(2)21-17(25)15-13-7-8-23(9-11-3-5-12(20)6-4-11)19(27)14(13)16(24)18(26)22-15/h3-6,10,24H,7-9H2,1-2H3,(H,21,25)(H,22,26). The minimum absolute atomic E-state index is 0.00344. The van der Waals surface area contributed by atoms with Crippen LogP contribution < -0.4 is 10.9 Å². The highest BCUT2D eigenvalue weighted by Crippen LogP contribution is 2.27. The third kappa shape index (κ3) is 3.69. The van der Waals surface area contributed by atoms with Crippen molar-refractivity contribution < 1.29 is 19.1 Å². The fourth-order valence-corrected chi connectivity index (χ4v) is 3.11. The molecule has 1 aromatic carbocycles. The molecule has 0 bridgehead atoms. The Morgan fingerprint density at radius 3 is 2.59 bits per heavy atom. The highest BCUT2D eigenvalue weighted by molar-refractivity contribution is 6.03. The minimum Gasteiger partial charge on any atom is -0.502 e. The fourth-order valence-electron chi connectivity index (χ4n) is 3.11. The summed E-state index contributed by atoms with van der Waals surface area (Å²) >= 11 is 0. The first-order valence-electron chi connectivity index (χ1n) is 8.60. The van der Waals surface area contributed by atoms with E-state index < -0.39 is 23.1 Å². The molecule has 8 heteroatoms. The Morgan fingerprint density at radius 2 is 1.96 bits per heavy atom. The molecule has 1 aliphatic heterocycles. The molecule has 7 nitrogen and oxygen atoms in total. The van der Waals surface area contributed by atoms with Crippen molar-refractivity contribution in [2.75, 3.05) is 6.54 Å². The van der Waals surface area contributed by atoms with E-state index in [2.05, 4.69) is 10.3 Å². The molecule has 0 saturated heterocycles. The van der Waals surface area contributed by atoms with E-state index in [-0.39, 0.29) is 29.7 Å². The number of hydrogen-bond donors (Lipinski definition) is 3. The van der Waals surface area contributed by atoms with Gasteiger partial charge in [-0.2, -0.15) is 0 Å². The minimum atomic E-state index is -0.889. The molecule has 0 unspecified atom stereocenters. The lowest BCUT2D eigenvalue weighted by atomic mass is 9.96. The second-order valence-corrected chi connectivity index (χ2v) is 6.76. The monoisotopic (exact) mass is 373 g/mol. The van der Waals surface area contributed by atoms with Gasteiger partial charge >= 0.3 is 0 Å². The zero-order valence-corrected chi connectivity index (χ0v) is 15.0. The van der Waals surface area contributed by atoms with E-state index in [0.29, 0.717) is 18.5 Å². The summed E-state index contributed by atoms with van der Waals surface area (Å²) in [5.41, 5.74) is -0.00199. The number of nitrogens with zero attached hydrogens (tertiary/aromatic N) is 1. The van der Waals surface area contributed by atoms with Gasteiger partial charge in [0, 0.05) is 19.1 Å². The summed E-state index contributed by atoms with van der Waals surface area (Å²) in [6.07, 6.45) is 0.299. The molecule has 142 valence electrons. The van der Waals surface area contributed by atoms with E-state index >= 15 is 0 Å². The first-order chi connectivity index (χ1) is 12.8.